The number of carbonyl (C=O) groups excluding carboxylic acids is 1. The van der Waals surface area contributed by atoms with Crippen LogP contribution in [-0.4, -0.2) is 35.1 Å². The van der Waals surface area contributed by atoms with Crippen LogP contribution < -0.4 is 10.9 Å². The summed E-state index contributed by atoms with van der Waals surface area (Å²) in [6, 6.07) is 0. The van der Waals surface area contributed by atoms with Gasteiger partial charge < -0.3 is 15.4 Å². The average Bonchev–Trinajstić information content (AvgIpc) is 2.51. The molecule has 0 spiro atoms. The number of amides is 1. The minimum absolute atomic E-state index is 0.00755. The van der Waals surface area contributed by atoms with Crippen LogP contribution in [0, 0.1) is 0 Å². The first-order valence-electron chi connectivity index (χ1n) is 7.54. The van der Waals surface area contributed by atoms with Gasteiger partial charge in [-0.25, -0.2) is 0 Å². The summed E-state index contributed by atoms with van der Waals surface area (Å²) in [5.41, 5.74) is 7.25. The zero-order valence-corrected chi connectivity index (χ0v) is 13.4. The van der Waals surface area contributed by atoms with Gasteiger partial charge in [-0.15, -0.1) is 0 Å². The Hall–Kier alpha value is -1.49. The Morgan fingerprint density at radius 3 is 2.30 bits per heavy atom. The molecule has 0 aromatic rings. The summed E-state index contributed by atoms with van der Waals surface area (Å²) >= 11 is 0. The van der Waals surface area contributed by atoms with E-state index in [1.807, 2.05) is 40.7 Å². The van der Waals surface area contributed by atoms with Crippen LogP contribution in [-0.2, 0) is 4.79 Å². The summed E-state index contributed by atoms with van der Waals surface area (Å²) in [7, 11) is 0. The van der Waals surface area contributed by atoms with Gasteiger partial charge in [0, 0.05) is 19.3 Å². The average molecular weight is 283 g/mol. The highest BCUT2D eigenvalue weighted by molar-refractivity contribution is 5.93. The van der Waals surface area contributed by atoms with Crippen LogP contribution in [0.15, 0.2) is 23.5 Å². The number of aliphatic hydroxyl groups excluding tert-OH is 1. The van der Waals surface area contributed by atoms with Gasteiger partial charge in [-0.3, -0.25) is 10.2 Å². The molecule has 1 amide bonds. The predicted molar refractivity (Wildman–Crippen MR) is 82.6 cm³/mol. The van der Waals surface area contributed by atoms with Crippen molar-refractivity contribution in [1.29, 1.82) is 0 Å². The molecule has 2 rings (SSSR count). The first-order chi connectivity index (χ1) is 9.66. The third-order valence-electron chi connectivity index (χ3n) is 2.86. The topological polar surface area (TPSA) is 64.6 Å². The van der Waals surface area contributed by atoms with Gasteiger partial charge in [0.1, 0.15) is 5.70 Å². The summed E-state index contributed by atoms with van der Waals surface area (Å²) in [6.07, 6.45) is 4.71. The van der Waals surface area contributed by atoms with E-state index >= 15 is 0 Å². The van der Waals surface area contributed by atoms with Crippen molar-refractivity contribution in [3.63, 3.8) is 0 Å². The third-order valence-corrected chi connectivity index (χ3v) is 2.86. The smallest absolute Gasteiger partial charge is 0.271 e. The highest BCUT2D eigenvalue weighted by atomic mass is 16.3. The molecule has 0 unspecified atom stereocenters. The molecule has 2 heterocycles. The lowest BCUT2D eigenvalue weighted by molar-refractivity contribution is -0.129. The molecule has 1 fully saturated rings. The van der Waals surface area contributed by atoms with E-state index in [0.29, 0.717) is 31.6 Å². The maximum atomic E-state index is 12.1. The number of hydrazine groups is 1. The van der Waals surface area contributed by atoms with Crippen LogP contribution in [0.2, 0.25) is 0 Å². The molecule has 0 radical (unpaired) electrons. The van der Waals surface area contributed by atoms with E-state index in [9.17, 15) is 9.90 Å². The Balaban J connectivity index is 0.000000829. The summed E-state index contributed by atoms with van der Waals surface area (Å²) in [6.45, 7) is 11.2. The number of hydrogen-bond donors (Lipinski definition) is 3. The second-order valence-corrected chi connectivity index (χ2v) is 4.24. The minimum atomic E-state index is -0.253. The lowest BCUT2D eigenvalue weighted by atomic mass is 10.1. The van der Waals surface area contributed by atoms with Gasteiger partial charge in [0.05, 0.1) is 6.10 Å². The molecule has 5 heteroatoms. The summed E-state index contributed by atoms with van der Waals surface area (Å²) in [5.74, 6) is -0.00755. The predicted octanol–water partition coefficient (Wildman–Crippen LogP) is 1.92. The Morgan fingerprint density at radius 2 is 1.80 bits per heavy atom. The first kappa shape index (κ1) is 18.5. The van der Waals surface area contributed by atoms with E-state index in [0.717, 1.165) is 5.57 Å². The Labute approximate surface area is 122 Å². The Kier molecular flexibility index (Phi) is 9.55. The maximum absolute atomic E-state index is 12.1. The summed E-state index contributed by atoms with van der Waals surface area (Å²) in [4.78, 5) is 13.8. The molecule has 3 N–H and O–H groups in total. The van der Waals surface area contributed by atoms with E-state index in [1.165, 1.54) is 0 Å². The SMILES string of the molecule is CC.CC.CC1=CNNC(C(=O)N2CCC(O)CC2)=C1. The minimum Gasteiger partial charge on any atom is -0.393 e. The molecule has 0 aromatic carbocycles. The van der Waals surface area contributed by atoms with Gasteiger partial charge in [0.15, 0.2) is 0 Å². The maximum Gasteiger partial charge on any atom is 0.271 e. The molecular weight excluding hydrogens is 254 g/mol. The number of nitrogens with one attached hydrogen (secondary N) is 2. The van der Waals surface area contributed by atoms with Crippen molar-refractivity contribution in [3.05, 3.63) is 23.5 Å². The number of rotatable bonds is 1. The summed E-state index contributed by atoms with van der Waals surface area (Å²) < 4.78 is 0. The van der Waals surface area contributed by atoms with E-state index in [-0.39, 0.29) is 12.0 Å². The van der Waals surface area contributed by atoms with E-state index < -0.39 is 0 Å². The molecular formula is C15H29N3O2. The normalized spacial score (nSPS) is 18.0. The Morgan fingerprint density at radius 1 is 1.25 bits per heavy atom. The van der Waals surface area contributed by atoms with Crippen molar-refractivity contribution >= 4 is 5.91 Å². The highest BCUT2D eigenvalue weighted by Gasteiger charge is 2.24. The highest BCUT2D eigenvalue weighted by Crippen LogP contribution is 2.13. The zero-order chi connectivity index (χ0) is 15.5. The quantitative estimate of drug-likeness (QED) is 0.688. The molecule has 0 bridgehead atoms. The number of piperidine rings is 1. The van der Waals surface area contributed by atoms with Crippen LogP contribution in [0.25, 0.3) is 0 Å². The third kappa shape index (κ3) is 5.65. The fourth-order valence-corrected chi connectivity index (χ4v) is 1.89. The zero-order valence-electron chi connectivity index (χ0n) is 13.4. The number of carbonyl (C=O) groups is 1. The molecule has 2 aliphatic heterocycles. The monoisotopic (exact) mass is 283 g/mol. The van der Waals surface area contributed by atoms with Crippen molar-refractivity contribution in [2.75, 3.05) is 13.1 Å². The van der Waals surface area contributed by atoms with Crippen molar-refractivity contribution in [2.24, 2.45) is 0 Å². The molecule has 0 aliphatic carbocycles. The number of allylic oxidation sites excluding steroid dienone is 2. The van der Waals surface area contributed by atoms with Crippen LogP contribution in [0.1, 0.15) is 47.5 Å². The van der Waals surface area contributed by atoms with Crippen molar-refractivity contribution in [2.45, 2.75) is 53.6 Å². The number of hydrogen-bond acceptors (Lipinski definition) is 4. The molecule has 1 saturated heterocycles. The lowest BCUT2D eigenvalue weighted by Crippen LogP contribution is -2.45. The van der Waals surface area contributed by atoms with Crippen LogP contribution in [0.3, 0.4) is 0 Å². The van der Waals surface area contributed by atoms with Gasteiger partial charge in [-0.05, 0) is 31.4 Å². The van der Waals surface area contributed by atoms with Crippen molar-refractivity contribution in [3.8, 4) is 0 Å². The molecule has 0 atom stereocenters. The van der Waals surface area contributed by atoms with Gasteiger partial charge in [-0.1, -0.05) is 27.7 Å². The van der Waals surface area contributed by atoms with E-state index in [2.05, 4.69) is 10.9 Å². The van der Waals surface area contributed by atoms with Crippen molar-refractivity contribution < 1.29 is 9.90 Å². The lowest BCUT2D eigenvalue weighted by Gasteiger charge is -2.31. The van der Waals surface area contributed by atoms with Gasteiger partial charge in [0.2, 0.25) is 0 Å². The van der Waals surface area contributed by atoms with Gasteiger partial charge in [-0.2, -0.15) is 0 Å². The largest absolute Gasteiger partial charge is 0.393 e. The Bertz CT molecular complexity index is 343. The number of nitrogens with zero attached hydrogens (tertiary/aromatic N) is 1. The number of likely N-dealkylation sites (tertiary alicyclic amines) is 1. The molecule has 0 aromatic heterocycles. The molecule has 20 heavy (non-hydrogen) atoms. The van der Waals surface area contributed by atoms with Gasteiger partial charge in [0.25, 0.3) is 5.91 Å². The van der Waals surface area contributed by atoms with Crippen LogP contribution in [0.5, 0.6) is 0 Å². The first-order valence-corrected chi connectivity index (χ1v) is 7.54. The molecule has 2 aliphatic rings. The molecule has 5 nitrogen and oxygen atoms in total. The molecule has 0 saturated carbocycles. The van der Waals surface area contributed by atoms with E-state index in [1.54, 1.807) is 11.1 Å². The standard InChI is InChI=1S/C11H17N3O2.2C2H6/c1-8-6-10(13-12-7-8)11(16)14-4-2-9(15)3-5-14;2*1-2/h6-7,9,12-13,15H,2-5H2,1H3;2*1-2H3. The van der Waals surface area contributed by atoms with Gasteiger partial charge >= 0.3 is 0 Å². The van der Waals surface area contributed by atoms with Crippen molar-refractivity contribution in [1.82, 2.24) is 15.8 Å². The molecule has 116 valence electrons. The van der Waals surface area contributed by atoms with Crippen LogP contribution in [0.4, 0.5) is 0 Å². The second-order valence-electron chi connectivity index (χ2n) is 4.24. The number of aliphatic hydroxyl groups is 1. The van der Waals surface area contributed by atoms with Crippen LogP contribution >= 0.6 is 0 Å². The second kappa shape index (κ2) is 10.3. The summed E-state index contributed by atoms with van der Waals surface area (Å²) in [5, 5.41) is 9.37. The van der Waals surface area contributed by atoms with E-state index in [4.69, 9.17) is 0 Å². The fourth-order valence-electron chi connectivity index (χ4n) is 1.89. The fraction of sp³-hybridized carbons (Fsp3) is 0.667.